The molecule has 0 heterocycles. The van der Waals surface area contributed by atoms with Crippen LogP contribution in [0.1, 0.15) is 41.0 Å². The Bertz CT molecular complexity index is 271. The Morgan fingerprint density at radius 3 is 2.67 bits per heavy atom. The highest BCUT2D eigenvalue weighted by atomic mass is 16.3. The van der Waals surface area contributed by atoms with Gasteiger partial charge in [0, 0.05) is 5.92 Å². The number of aliphatic hydroxyl groups is 1. The molecule has 0 amide bonds. The molecule has 1 nitrogen and oxygen atoms in total. The Kier molecular flexibility index (Phi) is 3.77. The Labute approximate surface area is 93.9 Å². The van der Waals surface area contributed by atoms with E-state index in [2.05, 4.69) is 39.8 Å². The van der Waals surface area contributed by atoms with E-state index < -0.39 is 0 Å². The quantitative estimate of drug-likeness (QED) is 0.688. The molecule has 15 heavy (non-hydrogen) atoms. The van der Waals surface area contributed by atoms with Gasteiger partial charge in [0.15, 0.2) is 0 Å². The third-order valence-corrected chi connectivity index (χ3v) is 3.94. The van der Waals surface area contributed by atoms with Crippen LogP contribution in [0.15, 0.2) is 23.8 Å². The summed E-state index contributed by atoms with van der Waals surface area (Å²) in [4.78, 5) is 0. The lowest BCUT2D eigenvalue weighted by Crippen LogP contribution is -2.33. The van der Waals surface area contributed by atoms with E-state index in [1.807, 2.05) is 6.08 Å². The first-order chi connectivity index (χ1) is 6.85. The molecule has 0 fully saturated rings. The van der Waals surface area contributed by atoms with Gasteiger partial charge in [-0.1, -0.05) is 44.6 Å². The molecule has 0 aromatic heterocycles. The SMILES string of the molecule is CC1=CC[C@@H](C)C(C)(C)[C@H]1/C=C/[C@@H](C)O. The van der Waals surface area contributed by atoms with Crippen molar-refractivity contribution < 1.29 is 5.11 Å². The maximum Gasteiger partial charge on any atom is 0.0692 e. The van der Waals surface area contributed by atoms with E-state index in [0.717, 1.165) is 0 Å². The molecule has 0 saturated heterocycles. The molecule has 0 radical (unpaired) electrons. The highest BCUT2D eigenvalue weighted by molar-refractivity contribution is 5.20. The van der Waals surface area contributed by atoms with Crippen molar-refractivity contribution in [1.29, 1.82) is 0 Å². The minimum Gasteiger partial charge on any atom is -0.389 e. The molecule has 0 aromatic rings. The minimum absolute atomic E-state index is 0.296. The lowest BCUT2D eigenvalue weighted by atomic mass is 9.63. The maximum atomic E-state index is 9.30. The highest BCUT2D eigenvalue weighted by Gasteiger charge is 2.36. The summed E-state index contributed by atoms with van der Waals surface area (Å²) in [5, 5.41) is 9.30. The molecule has 1 rings (SSSR count). The molecule has 0 saturated carbocycles. The van der Waals surface area contributed by atoms with Crippen LogP contribution < -0.4 is 0 Å². The molecule has 86 valence electrons. The Hall–Kier alpha value is -0.560. The smallest absolute Gasteiger partial charge is 0.0692 e. The van der Waals surface area contributed by atoms with E-state index in [-0.39, 0.29) is 6.10 Å². The summed E-state index contributed by atoms with van der Waals surface area (Å²) >= 11 is 0. The fourth-order valence-electron chi connectivity index (χ4n) is 2.36. The number of hydrogen-bond donors (Lipinski definition) is 1. The summed E-state index contributed by atoms with van der Waals surface area (Å²) in [7, 11) is 0. The second-order valence-electron chi connectivity index (χ2n) is 5.51. The van der Waals surface area contributed by atoms with Crippen LogP contribution >= 0.6 is 0 Å². The minimum atomic E-state index is -0.342. The van der Waals surface area contributed by atoms with Gasteiger partial charge in [0.25, 0.3) is 0 Å². The zero-order valence-corrected chi connectivity index (χ0v) is 10.6. The molecular formula is C14H24O. The van der Waals surface area contributed by atoms with Gasteiger partial charge >= 0.3 is 0 Å². The van der Waals surface area contributed by atoms with Crippen LogP contribution in [0.2, 0.25) is 0 Å². The summed E-state index contributed by atoms with van der Waals surface area (Å²) in [5.74, 6) is 1.17. The van der Waals surface area contributed by atoms with E-state index in [4.69, 9.17) is 0 Å². The number of allylic oxidation sites excluding steroid dienone is 3. The van der Waals surface area contributed by atoms with Crippen LogP contribution in [0.5, 0.6) is 0 Å². The normalized spacial score (nSPS) is 32.8. The van der Waals surface area contributed by atoms with Crippen molar-refractivity contribution in [1.82, 2.24) is 0 Å². The third kappa shape index (κ3) is 2.72. The van der Waals surface area contributed by atoms with Crippen LogP contribution in [0.3, 0.4) is 0 Å². The van der Waals surface area contributed by atoms with E-state index in [0.29, 0.717) is 17.3 Å². The second-order valence-corrected chi connectivity index (χ2v) is 5.51. The van der Waals surface area contributed by atoms with Gasteiger partial charge in [-0.3, -0.25) is 0 Å². The standard InChI is InChI=1S/C14H24O/c1-10-6-7-11(2)14(4,5)13(10)9-8-12(3)15/h6,8-9,11-13,15H,7H2,1-5H3/b9-8+/t11-,12-,13+/m1/s1. The molecule has 1 aliphatic rings. The molecule has 1 N–H and O–H groups in total. The highest BCUT2D eigenvalue weighted by Crippen LogP contribution is 2.45. The Morgan fingerprint density at radius 2 is 2.13 bits per heavy atom. The Balaban J connectivity index is 2.92. The van der Waals surface area contributed by atoms with Gasteiger partial charge in [-0.25, -0.2) is 0 Å². The maximum absolute atomic E-state index is 9.30. The van der Waals surface area contributed by atoms with E-state index in [1.54, 1.807) is 6.92 Å². The second kappa shape index (κ2) is 4.52. The zero-order valence-electron chi connectivity index (χ0n) is 10.6. The summed E-state index contributed by atoms with van der Waals surface area (Å²) in [6.07, 6.45) is 7.25. The topological polar surface area (TPSA) is 20.2 Å². The number of aliphatic hydroxyl groups excluding tert-OH is 1. The molecule has 0 bridgehead atoms. The van der Waals surface area contributed by atoms with Gasteiger partial charge in [0.05, 0.1) is 6.10 Å². The summed E-state index contributed by atoms with van der Waals surface area (Å²) in [5.41, 5.74) is 1.74. The van der Waals surface area contributed by atoms with Gasteiger partial charge < -0.3 is 5.11 Å². The third-order valence-electron chi connectivity index (χ3n) is 3.94. The monoisotopic (exact) mass is 208 g/mol. The first-order valence-corrected chi connectivity index (χ1v) is 5.88. The molecule has 1 aliphatic carbocycles. The number of hydrogen-bond acceptors (Lipinski definition) is 1. The van der Waals surface area contributed by atoms with E-state index in [1.165, 1.54) is 12.0 Å². The van der Waals surface area contributed by atoms with Gasteiger partial charge in [0.1, 0.15) is 0 Å². The zero-order chi connectivity index (χ0) is 11.6. The Morgan fingerprint density at radius 1 is 1.53 bits per heavy atom. The average molecular weight is 208 g/mol. The van der Waals surface area contributed by atoms with E-state index in [9.17, 15) is 5.11 Å². The van der Waals surface area contributed by atoms with Gasteiger partial charge in [0.2, 0.25) is 0 Å². The fourth-order valence-corrected chi connectivity index (χ4v) is 2.36. The predicted octanol–water partition coefficient (Wildman–Crippen LogP) is 3.55. The van der Waals surface area contributed by atoms with Crippen molar-refractivity contribution in [2.45, 2.75) is 47.1 Å². The predicted molar refractivity (Wildman–Crippen MR) is 65.6 cm³/mol. The molecule has 1 heteroatoms. The van der Waals surface area contributed by atoms with Crippen molar-refractivity contribution in [2.24, 2.45) is 17.3 Å². The van der Waals surface area contributed by atoms with Crippen LogP contribution in [-0.2, 0) is 0 Å². The van der Waals surface area contributed by atoms with Crippen molar-refractivity contribution in [3.63, 3.8) is 0 Å². The van der Waals surface area contributed by atoms with Crippen LogP contribution in [0.4, 0.5) is 0 Å². The number of rotatable bonds is 2. The van der Waals surface area contributed by atoms with Gasteiger partial charge in [-0.05, 0) is 31.6 Å². The van der Waals surface area contributed by atoms with E-state index >= 15 is 0 Å². The molecular weight excluding hydrogens is 184 g/mol. The largest absolute Gasteiger partial charge is 0.389 e. The molecule has 0 aromatic carbocycles. The first kappa shape index (κ1) is 12.5. The van der Waals surface area contributed by atoms with Crippen LogP contribution in [0, 0.1) is 17.3 Å². The summed E-state index contributed by atoms with van der Waals surface area (Å²) in [6.45, 7) is 11.0. The average Bonchev–Trinajstić information content (AvgIpc) is 2.11. The van der Waals surface area contributed by atoms with Gasteiger partial charge in [-0.2, -0.15) is 0 Å². The summed E-state index contributed by atoms with van der Waals surface area (Å²) in [6, 6.07) is 0. The lowest BCUT2D eigenvalue weighted by molar-refractivity contribution is 0.166. The summed E-state index contributed by atoms with van der Waals surface area (Å²) < 4.78 is 0. The van der Waals surface area contributed by atoms with Gasteiger partial charge in [-0.15, -0.1) is 0 Å². The van der Waals surface area contributed by atoms with Crippen molar-refractivity contribution in [3.05, 3.63) is 23.8 Å². The molecule has 0 aliphatic heterocycles. The van der Waals surface area contributed by atoms with Crippen molar-refractivity contribution >= 4 is 0 Å². The first-order valence-electron chi connectivity index (χ1n) is 5.88. The van der Waals surface area contributed by atoms with Crippen LogP contribution in [-0.4, -0.2) is 11.2 Å². The molecule has 3 atom stereocenters. The fraction of sp³-hybridized carbons (Fsp3) is 0.714. The van der Waals surface area contributed by atoms with Crippen molar-refractivity contribution in [3.8, 4) is 0 Å². The lowest BCUT2D eigenvalue weighted by Gasteiger charge is -2.42. The van der Waals surface area contributed by atoms with Crippen molar-refractivity contribution in [2.75, 3.05) is 0 Å². The molecule has 0 spiro atoms. The molecule has 0 unspecified atom stereocenters. The van der Waals surface area contributed by atoms with Crippen LogP contribution in [0.25, 0.3) is 0 Å².